The molecule has 11 rings (SSSR count). The molecular weight excluding hydrogens is 651 g/mol. The Balaban J connectivity index is 1.06. The maximum absolute atomic E-state index is 6.82. The van der Waals surface area contributed by atoms with E-state index in [9.17, 15) is 0 Å². The van der Waals surface area contributed by atoms with Crippen molar-refractivity contribution in [2.45, 2.75) is 19.3 Å². The van der Waals surface area contributed by atoms with Crippen molar-refractivity contribution in [3.63, 3.8) is 0 Å². The minimum Gasteiger partial charge on any atom is -0.455 e. The summed E-state index contributed by atoms with van der Waals surface area (Å²) in [5.74, 6) is 0. The Morgan fingerprint density at radius 2 is 1.19 bits per heavy atom. The number of furan rings is 1. The van der Waals surface area contributed by atoms with Crippen LogP contribution in [-0.4, -0.2) is 0 Å². The molecule has 2 nitrogen and oxygen atoms in total. The van der Waals surface area contributed by atoms with Gasteiger partial charge in [0.15, 0.2) is 0 Å². The van der Waals surface area contributed by atoms with Crippen molar-refractivity contribution in [2.75, 3.05) is 4.90 Å². The van der Waals surface area contributed by atoms with Crippen LogP contribution in [0, 0.1) is 0 Å². The van der Waals surface area contributed by atoms with Gasteiger partial charge in [0.2, 0.25) is 0 Å². The summed E-state index contributed by atoms with van der Waals surface area (Å²) >= 11 is 1.84. The van der Waals surface area contributed by atoms with Crippen molar-refractivity contribution in [1.82, 2.24) is 0 Å². The Kier molecular flexibility index (Phi) is 6.21. The highest BCUT2D eigenvalue weighted by atomic mass is 32.1. The van der Waals surface area contributed by atoms with Crippen molar-refractivity contribution in [3.05, 3.63) is 175 Å². The lowest BCUT2D eigenvalue weighted by Crippen LogP contribution is -2.14. The molecule has 2 aromatic heterocycles. The Bertz CT molecular complexity index is 3040. The molecule has 0 unspecified atom stereocenters. The van der Waals surface area contributed by atoms with E-state index in [2.05, 4.69) is 183 Å². The van der Waals surface area contributed by atoms with Crippen LogP contribution >= 0.6 is 11.3 Å². The normalized spacial score (nSPS) is 13.3. The van der Waals surface area contributed by atoms with Crippen LogP contribution in [0.25, 0.3) is 75.1 Å². The van der Waals surface area contributed by atoms with Crippen LogP contribution in [0.3, 0.4) is 0 Å². The molecule has 0 aliphatic heterocycles. The van der Waals surface area contributed by atoms with Crippen LogP contribution in [0.15, 0.2) is 168 Å². The highest BCUT2D eigenvalue weighted by Gasteiger charge is 2.35. The third-order valence-corrected chi connectivity index (χ3v) is 12.5. The van der Waals surface area contributed by atoms with E-state index in [-0.39, 0.29) is 5.41 Å². The molecular formula is C49H33NOS. The summed E-state index contributed by atoms with van der Waals surface area (Å²) in [5, 5.41) is 7.06. The Morgan fingerprint density at radius 3 is 2.08 bits per heavy atom. The molecule has 0 amide bonds. The monoisotopic (exact) mass is 683 g/mol. The molecule has 0 saturated heterocycles. The number of nitrogens with zero attached hydrogens (tertiary/aromatic N) is 1. The van der Waals surface area contributed by atoms with Gasteiger partial charge in [0.05, 0.1) is 10.4 Å². The molecule has 1 aliphatic carbocycles. The van der Waals surface area contributed by atoms with Gasteiger partial charge in [-0.25, -0.2) is 0 Å². The molecule has 1 aliphatic rings. The van der Waals surface area contributed by atoms with E-state index in [1.165, 1.54) is 58.9 Å². The van der Waals surface area contributed by atoms with Crippen LogP contribution in [0.1, 0.15) is 25.0 Å². The number of para-hydroxylation sites is 1. The molecule has 2 heterocycles. The van der Waals surface area contributed by atoms with Crippen LogP contribution < -0.4 is 4.90 Å². The maximum atomic E-state index is 6.82. The third-order valence-electron chi connectivity index (χ3n) is 11.3. The number of rotatable bonds is 4. The number of fused-ring (bicyclic) bond motifs is 12. The van der Waals surface area contributed by atoms with Crippen LogP contribution in [-0.2, 0) is 5.41 Å². The van der Waals surface area contributed by atoms with Gasteiger partial charge in [-0.2, -0.15) is 0 Å². The van der Waals surface area contributed by atoms with Gasteiger partial charge in [0.1, 0.15) is 11.2 Å². The molecule has 0 N–H and O–H groups in total. The van der Waals surface area contributed by atoms with Crippen LogP contribution in [0.2, 0.25) is 0 Å². The zero-order valence-corrected chi connectivity index (χ0v) is 29.7. The molecule has 0 radical (unpaired) electrons. The quantitative estimate of drug-likeness (QED) is 0.184. The predicted molar refractivity (Wildman–Crippen MR) is 222 cm³/mol. The zero-order chi connectivity index (χ0) is 34.6. The summed E-state index contributed by atoms with van der Waals surface area (Å²) in [6.45, 7) is 4.69. The van der Waals surface area contributed by atoms with Crippen molar-refractivity contribution in [1.29, 1.82) is 0 Å². The van der Waals surface area contributed by atoms with Crippen molar-refractivity contribution in [2.24, 2.45) is 0 Å². The second kappa shape index (κ2) is 10.9. The highest BCUT2D eigenvalue weighted by Crippen LogP contribution is 2.51. The third kappa shape index (κ3) is 4.17. The number of hydrogen-bond donors (Lipinski definition) is 0. The summed E-state index contributed by atoms with van der Waals surface area (Å²) < 4.78 is 9.29. The van der Waals surface area contributed by atoms with E-state index < -0.39 is 0 Å². The lowest BCUT2D eigenvalue weighted by Gasteiger charge is -2.26. The van der Waals surface area contributed by atoms with E-state index in [0.29, 0.717) is 0 Å². The minimum atomic E-state index is -0.0311. The molecule has 0 atom stereocenters. The molecule has 8 aromatic carbocycles. The summed E-state index contributed by atoms with van der Waals surface area (Å²) in [7, 11) is 0. The lowest BCUT2D eigenvalue weighted by atomic mass is 9.81. The Hall–Kier alpha value is -6.16. The molecule has 0 saturated carbocycles. The number of benzene rings is 8. The first-order valence-electron chi connectivity index (χ1n) is 17.9. The fourth-order valence-corrected chi connectivity index (χ4v) is 9.90. The van der Waals surface area contributed by atoms with Crippen molar-refractivity contribution >= 4 is 81.3 Å². The van der Waals surface area contributed by atoms with Crippen LogP contribution in [0.5, 0.6) is 0 Å². The fourth-order valence-electron chi connectivity index (χ4n) is 8.70. The summed E-state index contributed by atoms with van der Waals surface area (Å²) in [5.41, 5.74) is 13.2. The average molecular weight is 684 g/mol. The molecule has 0 spiro atoms. The zero-order valence-electron chi connectivity index (χ0n) is 28.9. The summed E-state index contributed by atoms with van der Waals surface area (Å²) in [4.78, 5) is 2.40. The largest absolute Gasteiger partial charge is 0.455 e. The van der Waals surface area contributed by atoms with Gasteiger partial charge < -0.3 is 9.32 Å². The second-order valence-electron chi connectivity index (χ2n) is 14.5. The van der Waals surface area contributed by atoms with Gasteiger partial charge >= 0.3 is 0 Å². The molecule has 0 bridgehead atoms. The van der Waals surface area contributed by atoms with E-state index in [1.807, 2.05) is 11.3 Å². The van der Waals surface area contributed by atoms with E-state index in [1.54, 1.807) is 0 Å². The van der Waals surface area contributed by atoms with Crippen LogP contribution in [0.4, 0.5) is 17.1 Å². The summed E-state index contributed by atoms with van der Waals surface area (Å²) in [6.07, 6.45) is 0. The van der Waals surface area contributed by atoms with Gasteiger partial charge in [0, 0.05) is 48.4 Å². The summed E-state index contributed by atoms with van der Waals surface area (Å²) in [6, 6.07) is 59.7. The SMILES string of the molecule is CC1(C)c2ccccc2-c2ccc(-c3ccc(N(c4ccccc4)c4cccc5c4sc4ccc6c7ccc8ccccc8c7oc6c45)cc3)cc21. The van der Waals surface area contributed by atoms with E-state index in [0.717, 1.165) is 44.4 Å². The first kappa shape index (κ1) is 29.6. The average Bonchev–Trinajstić information content (AvgIpc) is 3.84. The van der Waals surface area contributed by atoms with E-state index >= 15 is 0 Å². The first-order valence-corrected chi connectivity index (χ1v) is 18.7. The van der Waals surface area contributed by atoms with E-state index in [4.69, 9.17) is 4.42 Å². The highest BCUT2D eigenvalue weighted by molar-refractivity contribution is 7.26. The molecule has 3 heteroatoms. The number of hydrogen-bond acceptors (Lipinski definition) is 3. The van der Waals surface area contributed by atoms with Gasteiger partial charge in [-0.05, 0) is 93.4 Å². The van der Waals surface area contributed by atoms with Gasteiger partial charge in [-0.3, -0.25) is 0 Å². The molecule has 52 heavy (non-hydrogen) atoms. The number of anilines is 3. The molecule has 246 valence electrons. The number of thiophene rings is 1. The second-order valence-corrected chi connectivity index (χ2v) is 15.5. The predicted octanol–water partition coefficient (Wildman–Crippen LogP) is 14.6. The molecule has 0 fully saturated rings. The Labute approximate surface area is 305 Å². The van der Waals surface area contributed by atoms with Gasteiger partial charge in [-0.15, -0.1) is 11.3 Å². The Morgan fingerprint density at radius 1 is 0.500 bits per heavy atom. The standard InChI is InChI=1S/C49H33NOS/c1-49(2)41-17-9-8-15-36(41)37-25-22-32(29-42(37)49)30-19-23-34(24-20-30)50(33-12-4-3-5-13-33)43-18-10-16-40-45-44(52-48(40)43)28-27-39-38-26-21-31-11-6-7-14-35(31)46(38)51-47(39)45/h3-29H,1-2H3. The molecule has 10 aromatic rings. The lowest BCUT2D eigenvalue weighted by molar-refractivity contribution is 0.660. The van der Waals surface area contributed by atoms with Gasteiger partial charge in [-0.1, -0.05) is 123 Å². The van der Waals surface area contributed by atoms with Crippen molar-refractivity contribution < 1.29 is 4.42 Å². The van der Waals surface area contributed by atoms with Gasteiger partial charge in [0.25, 0.3) is 0 Å². The first-order chi connectivity index (χ1) is 25.5. The maximum Gasteiger partial charge on any atom is 0.144 e. The minimum absolute atomic E-state index is 0.0311. The van der Waals surface area contributed by atoms with Crippen molar-refractivity contribution in [3.8, 4) is 22.3 Å². The smallest absolute Gasteiger partial charge is 0.144 e. The topological polar surface area (TPSA) is 16.4 Å². The fraction of sp³-hybridized carbons (Fsp3) is 0.0612.